The van der Waals surface area contributed by atoms with Crippen molar-refractivity contribution in [1.82, 2.24) is 10.6 Å². The highest BCUT2D eigenvalue weighted by atomic mass is 16.5. The first-order valence-corrected chi connectivity index (χ1v) is 7.05. The van der Waals surface area contributed by atoms with Crippen molar-refractivity contribution in [2.75, 3.05) is 13.2 Å². The van der Waals surface area contributed by atoms with Crippen LogP contribution in [0, 0.1) is 0 Å². The van der Waals surface area contributed by atoms with Crippen LogP contribution in [0.2, 0.25) is 0 Å². The molecule has 0 radical (unpaired) electrons. The zero-order valence-electron chi connectivity index (χ0n) is 12.1. The fourth-order valence-electron chi connectivity index (χ4n) is 2.27. The van der Waals surface area contributed by atoms with Crippen molar-refractivity contribution < 1.29 is 9.53 Å². The summed E-state index contributed by atoms with van der Waals surface area (Å²) in [6.45, 7) is 5.75. The molecule has 3 atom stereocenters. The average molecular weight is 277 g/mol. The Kier molecular flexibility index (Phi) is 5.11. The van der Waals surface area contributed by atoms with E-state index in [0.29, 0.717) is 19.7 Å². The quantitative estimate of drug-likeness (QED) is 0.757. The molecule has 1 saturated heterocycles. The van der Waals surface area contributed by atoms with E-state index in [2.05, 4.69) is 10.6 Å². The number of carbonyl (C=O) groups is 1. The molecule has 1 aliphatic rings. The third-order valence-corrected chi connectivity index (χ3v) is 3.57. The Bertz CT molecular complexity index is 445. The molecule has 20 heavy (non-hydrogen) atoms. The number of nitrogens with two attached hydrogens (primary N) is 1. The summed E-state index contributed by atoms with van der Waals surface area (Å²) >= 11 is 0. The van der Waals surface area contributed by atoms with E-state index in [0.717, 1.165) is 11.1 Å². The fourth-order valence-corrected chi connectivity index (χ4v) is 2.27. The van der Waals surface area contributed by atoms with Gasteiger partial charge in [-0.15, -0.1) is 0 Å². The monoisotopic (exact) mass is 277 g/mol. The fraction of sp³-hybridized carbons (Fsp3) is 0.533. The van der Waals surface area contributed by atoms with E-state index in [1.165, 1.54) is 0 Å². The predicted molar refractivity (Wildman–Crippen MR) is 78.1 cm³/mol. The summed E-state index contributed by atoms with van der Waals surface area (Å²) in [5.74, 6) is -0.0199. The van der Waals surface area contributed by atoms with Gasteiger partial charge in [0.1, 0.15) is 6.04 Å². The van der Waals surface area contributed by atoms with Crippen LogP contribution in [0.25, 0.3) is 0 Å². The third-order valence-electron chi connectivity index (χ3n) is 3.57. The minimum atomic E-state index is -0.271. The maximum absolute atomic E-state index is 12.1. The van der Waals surface area contributed by atoms with Crippen LogP contribution in [-0.4, -0.2) is 31.2 Å². The van der Waals surface area contributed by atoms with Gasteiger partial charge < -0.3 is 21.1 Å². The summed E-state index contributed by atoms with van der Waals surface area (Å²) in [6.07, 6.45) is -0.0933. The molecule has 1 heterocycles. The van der Waals surface area contributed by atoms with E-state index in [4.69, 9.17) is 10.5 Å². The highest BCUT2D eigenvalue weighted by molar-refractivity contribution is 5.82. The first kappa shape index (κ1) is 15.0. The second-order valence-corrected chi connectivity index (χ2v) is 5.26. The molecular weight excluding hydrogens is 254 g/mol. The predicted octanol–water partition coefficient (Wildman–Crippen LogP) is 0.699. The number of nitrogens with one attached hydrogen (secondary N) is 2. The lowest BCUT2D eigenvalue weighted by Gasteiger charge is -2.29. The molecule has 0 aromatic heterocycles. The number of morpholine rings is 1. The standard InChI is InChI=1S/C15H23N3O2/c1-10(16)13-5-3-12(4-6-13)9-18-15(19)14-11(2)20-8-7-17-14/h3-6,10-11,14,17H,7-9,16H2,1-2H3,(H,18,19)/t10?,11-,14+/m1/s1. The Balaban J connectivity index is 1.86. The van der Waals surface area contributed by atoms with Crippen molar-refractivity contribution in [3.63, 3.8) is 0 Å². The summed E-state index contributed by atoms with van der Waals surface area (Å²) in [5, 5.41) is 6.11. The molecule has 1 fully saturated rings. The van der Waals surface area contributed by atoms with Crippen molar-refractivity contribution in [2.24, 2.45) is 5.73 Å². The van der Waals surface area contributed by atoms with Crippen molar-refractivity contribution in [3.8, 4) is 0 Å². The van der Waals surface area contributed by atoms with Crippen molar-refractivity contribution in [1.29, 1.82) is 0 Å². The zero-order valence-corrected chi connectivity index (χ0v) is 12.1. The van der Waals surface area contributed by atoms with Gasteiger partial charge in [-0.3, -0.25) is 4.79 Å². The Labute approximate surface area is 119 Å². The topological polar surface area (TPSA) is 76.4 Å². The number of amides is 1. The van der Waals surface area contributed by atoms with Crippen LogP contribution in [0.3, 0.4) is 0 Å². The molecule has 110 valence electrons. The molecule has 0 aliphatic carbocycles. The van der Waals surface area contributed by atoms with Crippen molar-refractivity contribution in [2.45, 2.75) is 38.6 Å². The lowest BCUT2D eigenvalue weighted by atomic mass is 10.1. The van der Waals surface area contributed by atoms with Crippen LogP contribution < -0.4 is 16.4 Å². The van der Waals surface area contributed by atoms with Gasteiger partial charge in [-0.2, -0.15) is 0 Å². The molecule has 1 amide bonds. The van der Waals surface area contributed by atoms with Crippen LogP contribution in [-0.2, 0) is 16.1 Å². The van der Waals surface area contributed by atoms with Crippen molar-refractivity contribution >= 4 is 5.91 Å². The van der Waals surface area contributed by atoms with Gasteiger partial charge in [-0.1, -0.05) is 24.3 Å². The minimum absolute atomic E-state index is 0.0199. The Morgan fingerprint density at radius 3 is 2.80 bits per heavy atom. The number of benzene rings is 1. The van der Waals surface area contributed by atoms with Gasteiger partial charge >= 0.3 is 0 Å². The number of ether oxygens (including phenoxy) is 1. The molecule has 0 spiro atoms. The maximum atomic E-state index is 12.1. The van der Waals surface area contributed by atoms with Gasteiger partial charge in [0.2, 0.25) is 5.91 Å². The zero-order chi connectivity index (χ0) is 14.5. The molecule has 5 nitrogen and oxygen atoms in total. The Morgan fingerprint density at radius 1 is 1.50 bits per heavy atom. The van der Waals surface area contributed by atoms with E-state index < -0.39 is 0 Å². The van der Waals surface area contributed by atoms with Gasteiger partial charge in [-0.25, -0.2) is 0 Å². The lowest BCUT2D eigenvalue weighted by Crippen LogP contribution is -2.55. The van der Waals surface area contributed by atoms with Crippen LogP contribution in [0.1, 0.15) is 31.0 Å². The molecule has 0 bridgehead atoms. The molecule has 1 aromatic carbocycles. The van der Waals surface area contributed by atoms with Gasteiger partial charge in [0, 0.05) is 19.1 Å². The minimum Gasteiger partial charge on any atom is -0.375 e. The highest BCUT2D eigenvalue weighted by Crippen LogP contribution is 2.11. The molecule has 1 unspecified atom stereocenters. The van der Waals surface area contributed by atoms with Gasteiger partial charge in [0.25, 0.3) is 0 Å². The third kappa shape index (κ3) is 3.79. The van der Waals surface area contributed by atoms with Crippen LogP contribution in [0.15, 0.2) is 24.3 Å². The average Bonchev–Trinajstić information content (AvgIpc) is 2.45. The number of hydrogen-bond acceptors (Lipinski definition) is 4. The summed E-state index contributed by atoms with van der Waals surface area (Å²) in [5.41, 5.74) is 7.96. The van der Waals surface area contributed by atoms with Crippen LogP contribution in [0.4, 0.5) is 0 Å². The maximum Gasteiger partial charge on any atom is 0.240 e. The van der Waals surface area contributed by atoms with Gasteiger partial charge in [-0.05, 0) is 25.0 Å². The molecule has 2 rings (SSSR count). The number of hydrogen-bond donors (Lipinski definition) is 3. The van der Waals surface area contributed by atoms with E-state index in [-0.39, 0.29) is 24.1 Å². The first-order valence-electron chi connectivity index (χ1n) is 7.05. The molecular formula is C15H23N3O2. The first-order chi connectivity index (χ1) is 9.58. The summed E-state index contributed by atoms with van der Waals surface area (Å²) in [4.78, 5) is 12.1. The second kappa shape index (κ2) is 6.83. The number of rotatable bonds is 4. The molecule has 4 N–H and O–H groups in total. The summed E-state index contributed by atoms with van der Waals surface area (Å²) in [6, 6.07) is 7.74. The normalized spacial score (nSPS) is 24.1. The van der Waals surface area contributed by atoms with E-state index in [1.807, 2.05) is 38.1 Å². The SMILES string of the molecule is CC(N)c1ccc(CNC(=O)[C@H]2NCCO[C@@H]2C)cc1. The van der Waals surface area contributed by atoms with Crippen LogP contribution in [0.5, 0.6) is 0 Å². The number of carbonyl (C=O) groups excluding carboxylic acids is 1. The second-order valence-electron chi connectivity index (χ2n) is 5.26. The largest absolute Gasteiger partial charge is 0.375 e. The summed E-state index contributed by atoms with van der Waals surface area (Å²) in [7, 11) is 0. The van der Waals surface area contributed by atoms with Gasteiger partial charge in [0.05, 0.1) is 12.7 Å². The van der Waals surface area contributed by atoms with E-state index >= 15 is 0 Å². The van der Waals surface area contributed by atoms with E-state index in [9.17, 15) is 4.79 Å². The Hall–Kier alpha value is -1.43. The molecule has 1 aliphatic heterocycles. The molecule has 0 saturated carbocycles. The molecule has 5 heteroatoms. The van der Waals surface area contributed by atoms with Gasteiger partial charge in [0.15, 0.2) is 0 Å². The molecule has 1 aromatic rings. The van der Waals surface area contributed by atoms with Crippen LogP contribution >= 0.6 is 0 Å². The summed E-state index contributed by atoms with van der Waals surface area (Å²) < 4.78 is 5.47. The van der Waals surface area contributed by atoms with E-state index in [1.54, 1.807) is 0 Å². The van der Waals surface area contributed by atoms with Crippen molar-refractivity contribution in [3.05, 3.63) is 35.4 Å². The smallest absolute Gasteiger partial charge is 0.240 e. The lowest BCUT2D eigenvalue weighted by molar-refractivity contribution is -0.129. The highest BCUT2D eigenvalue weighted by Gasteiger charge is 2.27. The Morgan fingerprint density at radius 2 is 2.20 bits per heavy atom.